The quantitative estimate of drug-likeness (QED) is 0.364. The predicted octanol–water partition coefficient (Wildman–Crippen LogP) is 4.91. The van der Waals surface area contributed by atoms with Gasteiger partial charge in [-0.15, -0.1) is 0 Å². The van der Waals surface area contributed by atoms with Crippen LogP contribution in [0.3, 0.4) is 0 Å². The molecule has 1 heterocycles. The molecule has 4 amide bonds. The number of carbonyl (C=O) groups is 4. The third-order valence-electron chi connectivity index (χ3n) is 8.06. The number of aryl methyl sites for hydroxylation is 1. The van der Waals surface area contributed by atoms with Gasteiger partial charge in [-0.25, -0.2) is 0 Å². The second-order valence-corrected chi connectivity index (χ2v) is 11.3. The summed E-state index contributed by atoms with van der Waals surface area (Å²) in [4.78, 5) is 54.7. The molecule has 5 rings (SSSR count). The smallest absolute Gasteiger partial charge is 0.253 e. The molecule has 42 heavy (non-hydrogen) atoms. The standard InChI is InChI=1S/C34H38N4O4/c1-37(30-14-15-30)34(42)27-10-6-12-29(23-27)35-31(39)22-25-9-5-11-28(21-25)36-33(41)26-17-19-38(20-18-26)32(40)16-13-24-7-3-2-4-8-24/h2-12,21,23,26,30H,13-20,22H2,1H3,(H,35,39)(H,36,41). The van der Waals surface area contributed by atoms with Gasteiger partial charge in [0, 0.05) is 55.5 Å². The minimum Gasteiger partial charge on any atom is -0.343 e. The van der Waals surface area contributed by atoms with E-state index >= 15 is 0 Å². The fraction of sp³-hybridized carbons (Fsp3) is 0.353. The van der Waals surface area contributed by atoms with Crippen molar-refractivity contribution in [3.05, 3.63) is 95.6 Å². The Kier molecular flexibility index (Phi) is 9.31. The molecule has 2 aliphatic rings. The summed E-state index contributed by atoms with van der Waals surface area (Å²) in [6.07, 6.45) is 4.66. The molecule has 2 fully saturated rings. The molecule has 0 radical (unpaired) electrons. The van der Waals surface area contributed by atoms with Gasteiger partial charge in [-0.2, -0.15) is 0 Å². The number of rotatable bonds is 10. The van der Waals surface area contributed by atoms with Crippen LogP contribution < -0.4 is 10.6 Å². The first-order valence-electron chi connectivity index (χ1n) is 14.7. The van der Waals surface area contributed by atoms with E-state index in [0.717, 1.165) is 30.4 Å². The summed E-state index contributed by atoms with van der Waals surface area (Å²) in [5.41, 5.74) is 3.68. The first-order valence-corrected chi connectivity index (χ1v) is 14.7. The highest BCUT2D eigenvalue weighted by molar-refractivity contribution is 5.98. The highest BCUT2D eigenvalue weighted by Crippen LogP contribution is 2.27. The van der Waals surface area contributed by atoms with Crippen LogP contribution in [0.1, 0.15) is 53.6 Å². The van der Waals surface area contributed by atoms with E-state index in [1.54, 1.807) is 29.2 Å². The first kappa shape index (κ1) is 29.0. The predicted molar refractivity (Wildman–Crippen MR) is 163 cm³/mol. The number of anilines is 2. The molecule has 1 saturated heterocycles. The lowest BCUT2D eigenvalue weighted by Crippen LogP contribution is -2.41. The Hall–Kier alpha value is -4.46. The average molecular weight is 567 g/mol. The maximum absolute atomic E-state index is 13.0. The van der Waals surface area contributed by atoms with Crippen molar-refractivity contribution in [3.63, 3.8) is 0 Å². The zero-order valence-electron chi connectivity index (χ0n) is 24.1. The van der Waals surface area contributed by atoms with E-state index in [0.29, 0.717) is 55.3 Å². The van der Waals surface area contributed by atoms with E-state index < -0.39 is 0 Å². The van der Waals surface area contributed by atoms with Gasteiger partial charge in [0.2, 0.25) is 17.7 Å². The number of likely N-dealkylation sites (tertiary alicyclic amines) is 1. The lowest BCUT2D eigenvalue weighted by molar-refractivity contribution is -0.134. The number of benzene rings is 3. The molecular weight excluding hydrogens is 528 g/mol. The van der Waals surface area contributed by atoms with Crippen molar-refractivity contribution in [2.24, 2.45) is 5.92 Å². The van der Waals surface area contributed by atoms with Gasteiger partial charge in [0.15, 0.2) is 0 Å². The topological polar surface area (TPSA) is 98.8 Å². The molecular formula is C34H38N4O4. The molecule has 2 N–H and O–H groups in total. The van der Waals surface area contributed by atoms with Crippen molar-refractivity contribution in [1.82, 2.24) is 9.80 Å². The van der Waals surface area contributed by atoms with E-state index in [9.17, 15) is 19.2 Å². The van der Waals surface area contributed by atoms with Crippen LogP contribution in [0.2, 0.25) is 0 Å². The van der Waals surface area contributed by atoms with E-state index in [-0.39, 0.29) is 36.0 Å². The second-order valence-electron chi connectivity index (χ2n) is 11.3. The van der Waals surface area contributed by atoms with E-state index in [1.807, 2.05) is 66.5 Å². The van der Waals surface area contributed by atoms with Crippen LogP contribution in [0.4, 0.5) is 11.4 Å². The van der Waals surface area contributed by atoms with Crippen LogP contribution in [0.5, 0.6) is 0 Å². The lowest BCUT2D eigenvalue weighted by Gasteiger charge is -2.31. The molecule has 3 aromatic carbocycles. The maximum Gasteiger partial charge on any atom is 0.253 e. The molecule has 8 nitrogen and oxygen atoms in total. The molecule has 0 bridgehead atoms. The number of nitrogens with zero attached hydrogens (tertiary/aromatic N) is 2. The summed E-state index contributed by atoms with van der Waals surface area (Å²) in [6.45, 7) is 1.16. The summed E-state index contributed by atoms with van der Waals surface area (Å²) in [5, 5.41) is 5.88. The lowest BCUT2D eigenvalue weighted by atomic mass is 9.95. The molecule has 1 saturated carbocycles. The minimum absolute atomic E-state index is 0.0441. The maximum atomic E-state index is 13.0. The van der Waals surface area contributed by atoms with Crippen LogP contribution in [0, 0.1) is 5.92 Å². The number of nitrogens with one attached hydrogen (secondary N) is 2. The molecule has 0 spiro atoms. The molecule has 8 heteroatoms. The van der Waals surface area contributed by atoms with Crippen molar-refractivity contribution in [3.8, 4) is 0 Å². The minimum atomic E-state index is -0.206. The summed E-state index contributed by atoms with van der Waals surface area (Å²) < 4.78 is 0. The number of amides is 4. The first-order chi connectivity index (χ1) is 20.4. The molecule has 0 atom stereocenters. The van der Waals surface area contributed by atoms with Crippen LogP contribution in [-0.4, -0.2) is 59.6 Å². The largest absolute Gasteiger partial charge is 0.343 e. The third-order valence-corrected chi connectivity index (χ3v) is 8.06. The number of piperidine rings is 1. The molecule has 218 valence electrons. The van der Waals surface area contributed by atoms with E-state index in [2.05, 4.69) is 10.6 Å². The van der Waals surface area contributed by atoms with E-state index in [1.165, 1.54) is 0 Å². The van der Waals surface area contributed by atoms with Gasteiger partial charge in [0.25, 0.3) is 5.91 Å². The van der Waals surface area contributed by atoms with Gasteiger partial charge in [-0.1, -0.05) is 48.5 Å². The second kappa shape index (κ2) is 13.5. The van der Waals surface area contributed by atoms with Crippen molar-refractivity contribution in [2.45, 2.75) is 51.0 Å². The highest BCUT2D eigenvalue weighted by atomic mass is 16.2. The van der Waals surface area contributed by atoms with Crippen LogP contribution in [-0.2, 0) is 27.2 Å². The van der Waals surface area contributed by atoms with Crippen LogP contribution >= 0.6 is 0 Å². The monoisotopic (exact) mass is 566 g/mol. The third kappa shape index (κ3) is 7.84. The van der Waals surface area contributed by atoms with Crippen molar-refractivity contribution in [1.29, 1.82) is 0 Å². The number of hydrogen-bond acceptors (Lipinski definition) is 4. The average Bonchev–Trinajstić information content (AvgIpc) is 3.86. The number of hydrogen-bond donors (Lipinski definition) is 2. The molecule has 3 aromatic rings. The van der Waals surface area contributed by atoms with Gasteiger partial charge in [-0.05, 0) is 73.6 Å². The fourth-order valence-corrected chi connectivity index (χ4v) is 5.40. The molecule has 1 aliphatic carbocycles. The Morgan fingerprint density at radius 1 is 0.786 bits per heavy atom. The molecule has 0 aromatic heterocycles. The van der Waals surface area contributed by atoms with Gasteiger partial charge < -0.3 is 20.4 Å². The Balaban J connectivity index is 1.08. The van der Waals surface area contributed by atoms with Crippen molar-refractivity contribution >= 4 is 35.0 Å². The summed E-state index contributed by atoms with van der Waals surface area (Å²) in [7, 11) is 1.81. The Morgan fingerprint density at radius 3 is 2.17 bits per heavy atom. The van der Waals surface area contributed by atoms with Gasteiger partial charge in [0.1, 0.15) is 0 Å². The number of carbonyl (C=O) groups excluding carboxylic acids is 4. The molecule has 0 unspecified atom stereocenters. The van der Waals surface area contributed by atoms with Crippen LogP contribution in [0.25, 0.3) is 0 Å². The van der Waals surface area contributed by atoms with E-state index in [4.69, 9.17) is 0 Å². The SMILES string of the molecule is CN(C(=O)c1cccc(NC(=O)Cc2cccc(NC(=O)C3CCN(C(=O)CCc4ccccc4)CC3)c2)c1)C1CC1. The van der Waals surface area contributed by atoms with Crippen LogP contribution in [0.15, 0.2) is 78.9 Å². The Labute approximate surface area is 247 Å². The molecule has 1 aliphatic heterocycles. The Morgan fingerprint density at radius 2 is 1.45 bits per heavy atom. The normalized spacial score (nSPS) is 15.1. The summed E-state index contributed by atoms with van der Waals surface area (Å²) in [5.74, 6) is -0.345. The van der Waals surface area contributed by atoms with Crippen molar-refractivity contribution < 1.29 is 19.2 Å². The zero-order chi connectivity index (χ0) is 29.5. The van der Waals surface area contributed by atoms with Gasteiger partial charge in [0.05, 0.1) is 6.42 Å². The van der Waals surface area contributed by atoms with Gasteiger partial charge >= 0.3 is 0 Å². The fourth-order valence-electron chi connectivity index (χ4n) is 5.40. The Bertz CT molecular complexity index is 1430. The van der Waals surface area contributed by atoms with Crippen molar-refractivity contribution in [2.75, 3.05) is 30.8 Å². The summed E-state index contributed by atoms with van der Waals surface area (Å²) >= 11 is 0. The summed E-state index contributed by atoms with van der Waals surface area (Å²) in [6, 6.07) is 24.6. The highest BCUT2D eigenvalue weighted by Gasteiger charge is 2.30. The van der Waals surface area contributed by atoms with Gasteiger partial charge in [-0.3, -0.25) is 19.2 Å². The zero-order valence-corrected chi connectivity index (χ0v) is 24.1.